The minimum Gasteiger partial charge on any atom is -0.492 e. The highest BCUT2D eigenvalue weighted by Crippen LogP contribution is 2.40. The van der Waals surface area contributed by atoms with Gasteiger partial charge in [-0.1, -0.05) is 42.5 Å². The summed E-state index contributed by atoms with van der Waals surface area (Å²) in [5.74, 6) is 0.742. The van der Waals surface area contributed by atoms with Crippen LogP contribution in [0.15, 0.2) is 72.8 Å². The summed E-state index contributed by atoms with van der Waals surface area (Å²) in [6.07, 6.45) is 3.46. The number of nitrogens with one attached hydrogen (secondary N) is 1. The highest BCUT2D eigenvalue weighted by Gasteiger charge is 2.15. The summed E-state index contributed by atoms with van der Waals surface area (Å²) < 4.78 is 7.27. The molecule has 5 nitrogen and oxygen atoms in total. The molecule has 0 aliphatic carbocycles. The molecule has 0 saturated carbocycles. The van der Waals surface area contributed by atoms with Crippen molar-refractivity contribution in [2.75, 3.05) is 31.6 Å². The van der Waals surface area contributed by atoms with E-state index >= 15 is 0 Å². The van der Waals surface area contributed by atoms with Gasteiger partial charge in [-0.25, -0.2) is 0 Å². The highest BCUT2D eigenvalue weighted by molar-refractivity contribution is 7.22. The molecule has 1 aliphatic heterocycles. The fourth-order valence-corrected chi connectivity index (χ4v) is 5.90. The van der Waals surface area contributed by atoms with E-state index in [1.54, 1.807) is 6.92 Å². The summed E-state index contributed by atoms with van der Waals surface area (Å²) >= 11 is 1.81. The zero-order valence-electron chi connectivity index (χ0n) is 20.7. The van der Waals surface area contributed by atoms with Crippen molar-refractivity contribution in [3.8, 4) is 16.2 Å². The molecule has 0 radical (unpaired) electrons. The smallest absolute Gasteiger partial charge is 0.240 e. The third-order valence-corrected chi connectivity index (χ3v) is 7.97. The van der Waals surface area contributed by atoms with Crippen LogP contribution in [0.3, 0.4) is 0 Å². The number of nitrogens with two attached hydrogens (primary N) is 1. The van der Waals surface area contributed by atoms with Crippen molar-refractivity contribution in [2.24, 2.45) is 5.73 Å². The van der Waals surface area contributed by atoms with Gasteiger partial charge in [-0.3, -0.25) is 9.69 Å². The molecule has 5 rings (SSSR count). The first-order chi connectivity index (χ1) is 17.6. The van der Waals surface area contributed by atoms with Crippen LogP contribution in [0.1, 0.15) is 30.9 Å². The number of hydrogen-bond donors (Lipinski definition) is 2. The van der Waals surface area contributed by atoms with Crippen LogP contribution in [0.2, 0.25) is 0 Å². The highest BCUT2D eigenvalue weighted by atomic mass is 32.1. The second-order valence-corrected chi connectivity index (χ2v) is 10.5. The van der Waals surface area contributed by atoms with Gasteiger partial charge in [0, 0.05) is 21.8 Å². The monoisotopic (exact) mass is 499 g/mol. The summed E-state index contributed by atoms with van der Waals surface area (Å²) in [6.45, 7) is 5.81. The molecule has 6 heteroatoms. The van der Waals surface area contributed by atoms with Crippen LogP contribution in [0.25, 0.3) is 20.5 Å². The number of likely N-dealkylation sites (tertiary alicyclic amines) is 1. The molecule has 1 fully saturated rings. The Hall–Kier alpha value is -3.19. The Balaban J connectivity index is 1.33. The number of hydrogen-bond acceptors (Lipinski definition) is 5. The van der Waals surface area contributed by atoms with E-state index in [0.29, 0.717) is 0 Å². The lowest BCUT2D eigenvalue weighted by Gasteiger charge is -2.15. The summed E-state index contributed by atoms with van der Waals surface area (Å²) in [7, 11) is 0. The largest absolute Gasteiger partial charge is 0.492 e. The van der Waals surface area contributed by atoms with E-state index in [-0.39, 0.29) is 5.91 Å². The predicted molar refractivity (Wildman–Crippen MR) is 150 cm³/mol. The molecule has 0 unspecified atom stereocenters. The van der Waals surface area contributed by atoms with Crippen molar-refractivity contribution in [1.82, 2.24) is 4.90 Å². The van der Waals surface area contributed by atoms with Crippen molar-refractivity contribution in [3.05, 3.63) is 83.9 Å². The number of anilines is 1. The molecule has 36 heavy (non-hydrogen) atoms. The molecule has 1 aliphatic rings. The Morgan fingerprint density at radius 2 is 1.75 bits per heavy atom. The Morgan fingerprint density at radius 1 is 1.03 bits per heavy atom. The molecule has 3 aromatic carbocycles. The Labute approximate surface area is 216 Å². The quantitative estimate of drug-likeness (QED) is 0.300. The van der Waals surface area contributed by atoms with Gasteiger partial charge in [0.1, 0.15) is 12.4 Å². The van der Waals surface area contributed by atoms with Crippen molar-refractivity contribution >= 4 is 33.0 Å². The minimum absolute atomic E-state index is 0.186. The lowest BCUT2D eigenvalue weighted by Crippen LogP contribution is -2.32. The van der Waals surface area contributed by atoms with Gasteiger partial charge in [0.15, 0.2) is 0 Å². The van der Waals surface area contributed by atoms with Gasteiger partial charge in [-0.05, 0) is 91.7 Å². The SMILES string of the molecule is C[C@H](N)C(=O)Nc1ccc(-c2sc3ccccc3c2Cc2ccc(OCCN3CCCC3)cc2)cc1. The van der Waals surface area contributed by atoms with E-state index < -0.39 is 6.04 Å². The average molecular weight is 500 g/mol. The number of benzene rings is 3. The van der Waals surface area contributed by atoms with Gasteiger partial charge in [-0.15, -0.1) is 11.3 Å². The van der Waals surface area contributed by atoms with Crippen LogP contribution in [0.5, 0.6) is 5.75 Å². The van der Waals surface area contributed by atoms with Gasteiger partial charge in [-0.2, -0.15) is 0 Å². The summed E-state index contributed by atoms with van der Waals surface area (Å²) in [5.41, 5.74) is 10.2. The number of carbonyl (C=O) groups excluding carboxylic acids is 1. The maximum absolute atomic E-state index is 11.9. The van der Waals surface area contributed by atoms with Crippen LogP contribution >= 0.6 is 11.3 Å². The molecule has 1 aromatic heterocycles. The third kappa shape index (κ3) is 5.78. The summed E-state index contributed by atoms with van der Waals surface area (Å²) in [5, 5.41) is 4.15. The lowest BCUT2D eigenvalue weighted by molar-refractivity contribution is -0.117. The molecular formula is C30H33N3O2S. The molecule has 1 atom stereocenters. The predicted octanol–water partition coefficient (Wildman–Crippen LogP) is 5.92. The number of amides is 1. The lowest BCUT2D eigenvalue weighted by atomic mass is 9.99. The molecular weight excluding hydrogens is 466 g/mol. The fourth-order valence-electron chi connectivity index (χ4n) is 4.67. The fraction of sp³-hybridized carbons (Fsp3) is 0.300. The molecule has 3 N–H and O–H groups in total. The van der Waals surface area contributed by atoms with Crippen LogP contribution in [-0.2, 0) is 11.2 Å². The first-order valence-corrected chi connectivity index (χ1v) is 13.5. The van der Waals surface area contributed by atoms with Crippen LogP contribution in [0, 0.1) is 0 Å². The van der Waals surface area contributed by atoms with Crippen LogP contribution in [0.4, 0.5) is 5.69 Å². The van der Waals surface area contributed by atoms with Gasteiger partial charge < -0.3 is 15.8 Å². The van der Waals surface area contributed by atoms with Gasteiger partial charge in [0.25, 0.3) is 0 Å². The summed E-state index contributed by atoms with van der Waals surface area (Å²) in [4.78, 5) is 15.7. The first-order valence-electron chi connectivity index (χ1n) is 12.7. The van der Waals surface area contributed by atoms with Gasteiger partial charge in [0.2, 0.25) is 5.91 Å². The minimum atomic E-state index is -0.541. The standard InChI is InChI=1S/C30H33N3O2S/c1-21(31)30(34)32-24-12-10-23(11-13-24)29-27(26-6-2-3-7-28(26)36-29)20-22-8-14-25(15-9-22)35-19-18-33-16-4-5-17-33/h2-3,6-15,21H,4-5,16-20,31H2,1H3,(H,32,34)/t21-/m0/s1. The van der Waals surface area contributed by atoms with E-state index in [1.807, 2.05) is 23.5 Å². The third-order valence-electron chi connectivity index (χ3n) is 6.71. The molecule has 2 heterocycles. The van der Waals surface area contributed by atoms with Crippen molar-refractivity contribution in [2.45, 2.75) is 32.2 Å². The Bertz CT molecular complexity index is 1310. The van der Waals surface area contributed by atoms with Gasteiger partial charge in [0.05, 0.1) is 6.04 Å². The maximum atomic E-state index is 11.9. The van der Waals surface area contributed by atoms with Crippen molar-refractivity contribution in [3.63, 3.8) is 0 Å². The zero-order chi connectivity index (χ0) is 24.9. The Kier molecular flexibility index (Phi) is 7.66. The molecule has 186 valence electrons. The van der Waals surface area contributed by atoms with Crippen molar-refractivity contribution in [1.29, 1.82) is 0 Å². The first kappa shape index (κ1) is 24.5. The van der Waals surface area contributed by atoms with E-state index in [9.17, 15) is 4.79 Å². The average Bonchev–Trinajstić information content (AvgIpc) is 3.54. The van der Waals surface area contributed by atoms with Crippen LogP contribution in [-0.4, -0.2) is 43.1 Å². The molecule has 0 bridgehead atoms. The Morgan fingerprint density at radius 3 is 2.47 bits per heavy atom. The number of thiophene rings is 1. The molecule has 4 aromatic rings. The van der Waals surface area contributed by atoms with E-state index in [0.717, 1.165) is 36.6 Å². The van der Waals surface area contributed by atoms with Crippen molar-refractivity contribution < 1.29 is 9.53 Å². The zero-order valence-corrected chi connectivity index (χ0v) is 21.5. The second kappa shape index (κ2) is 11.2. The molecule has 1 saturated heterocycles. The summed E-state index contributed by atoms with van der Waals surface area (Å²) in [6, 6.07) is 24.6. The number of ether oxygens (including phenoxy) is 1. The maximum Gasteiger partial charge on any atom is 0.240 e. The topological polar surface area (TPSA) is 67.6 Å². The molecule has 1 amide bonds. The number of nitrogens with zero attached hydrogens (tertiary/aromatic N) is 1. The van der Waals surface area contributed by atoms with Gasteiger partial charge >= 0.3 is 0 Å². The number of rotatable bonds is 9. The second-order valence-electron chi connectivity index (χ2n) is 9.48. The number of carbonyl (C=O) groups is 1. The van der Waals surface area contributed by atoms with Crippen LogP contribution < -0.4 is 15.8 Å². The van der Waals surface area contributed by atoms with E-state index in [2.05, 4.69) is 70.9 Å². The normalized spacial score (nSPS) is 14.7. The number of fused-ring (bicyclic) bond motifs is 1. The molecule has 0 spiro atoms. The van der Waals surface area contributed by atoms with E-state index in [1.165, 1.54) is 52.0 Å². The van der Waals surface area contributed by atoms with E-state index in [4.69, 9.17) is 10.5 Å².